The van der Waals surface area contributed by atoms with E-state index >= 15 is 0 Å². The van der Waals surface area contributed by atoms with Crippen LogP contribution >= 0.6 is 11.8 Å². The minimum absolute atomic E-state index is 0.573. The fraction of sp³-hybridized carbons (Fsp3) is 0. The van der Waals surface area contributed by atoms with Crippen molar-refractivity contribution in [2.24, 2.45) is 0 Å². The molecular weight excluding hydrogens is 196 g/mol. The van der Waals surface area contributed by atoms with Crippen molar-refractivity contribution in [3.05, 3.63) is 48.2 Å². The summed E-state index contributed by atoms with van der Waals surface area (Å²) in [6, 6.07) is 11.6. The standard InChI is InChI=1S/C11H8O2S/c12-7-9-6-11(13-8-9)14-10-4-2-1-3-5-10/h1-8H. The quantitative estimate of drug-likeness (QED) is 0.719. The Morgan fingerprint density at radius 1 is 1.21 bits per heavy atom. The number of benzene rings is 1. The Labute approximate surface area is 85.9 Å². The molecule has 0 saturated heterocycles. The zero-order valence-corrected chi connectivity index (χ0v) is 8.16. The number of carbonyl (C=O) groups is 1. The molecule has 2 aromatic rings. The van der Waals surface area contributed by atoms with Gasteiger partial charge in [-0.2, -0.15) is 0 Å². The predicted molar refractivity (Wildman–Crippen MR) is 54.7 cm³/mol. The van der Waals surface area contributed by atoms with Crippen LogP contribution in [0.1, 0.15) is 10.4 Å². The molecular formula is C11H8O2S. The summed E-state index contributed by atoms with van der Waals surface area (Å²) < 4.78 is 5.19. The average molecular weight is 204 g/mol. The molecule has 0 N–H and O–H groups in total. The lowest BCUT2D eigenvalue weighted by Crippen LogP contribution is -1.69. The van der Waals surface area contributed by atoms with E-state index in [1.807, 2.05) is 30.3 Å². The maximum atomic E-state index is 10.4. The molecule has 0 radical (unpaired) electrons. The van der Waals surface area contributed by atoms with Crippen molar-refractivity contribution in [2.75, 3.05) is 0 Å². The average Bonchev–Trinajstić information content (AvgIpc) is 2.67. The molecule has 2 rings (SSSR count). The van der Waals surface area contributed by atoms with Crippen LogP contribution in [-0.4, -0.2) is 6.29 Å². The summed E-state index contributed by atoms with van der Waals surface area (Å²) in [5.74, 6) is 0. The molecule has 70 valence electrons. The summed E-state index contributed by atoms with van der Waals surface area (Å²) in [7, 11) is 0. The predicted octanol–water partition coefficient (Wildman–Crippen LogP) is 3.24. The van der Waals surface area contributed by atoms with Crippen LogP contribution in [0.2, 0.25) is 0 Å². The van der Waals surface area contributed by atoms with Gasteiger partial charge in [0.15, 0.2) is 11.4 Å². The summed E-state index contributed by atoms with van der Waals surface area (Å²) in [5.41, 5.74) is 0.573. The van der Waals surface area contributed by atoms with Gasteiger partial charge in [-0.25, -0.2) is 0 Å². The fourth-order valence-electron chi connectivity index (χ4n) is 1.05. The number of aldehydes is 1. The largest absolute Gasteiger partial charge is 0.457 e. The van der Waals surface area contributed by atoms with Gasteiger partial charge in [-0.05, 0) is 12.1 Å². The van der Waals surface area contributed by atoms with Crippen molar-refractivity contribution in [1.82, 2.24) is 0 Å². The molecule has 0 aliphatic heterocycles. The molecule has 0 amide bonds. The zero-order chi connectivity index (χ0) is 9.80. The van der Waals surface area contributed by atoms with E-state index in [4.69, 9.17) is 4.42 Å². The van der Waals surface area contributed by atoms with Crippen LogP contribution in [0.15, 0.2) is 57.1 Å². The summed E-state index contributed by atoms with van der Waals surface area (Å²) in [6.07, 6.45) is 2.23. The minimum atomic E-state index is 0.573. The van der Waals surface area contributed by atoms with Gasteiger partial charge in [0.05, 0.1) is 5.56 Å². The zero-order valence-electron chi connectivity index (χ0n) is 7.34. The van der Waals surface area contributed by atoms with Gasteiger partial charge in [0.2, 0.25) is 0 Å². The van der Waals surface area contributed by atoms with Crippen molar-refractivity contribution >= 4 is 18.0 Å². The molecule has 0 fully saturated rings. The van der Waals surface area contributed by atoms with Crippen LogP contribution in [0, 0.1) is 0 Å². The summed E-state index contributed by atoms with van der Waals surface area (Å²) >= 11 is 1.50. The van der Waals surface area contributed by atoms with E-state index in [0.717, 1.165) is 16.3 Å². The van der Waals surface area contributed by atoms with E-state index in [-0.39, 0.29) is 0 Å². The van der Waals surface area contributed by atoms with Crippen molar-refractivity contribution in [2.45, 2.75) is 9.99 Å². The van der Waals surface area contributed by atoms with Crippen LogP contribution in [0.4, 0.5) is 0 Å². The first-order valence-electron chi connectivity index (χ1n) is 4.15. The Morgan fingerprint density at radius 2 is 2.00 bits per heavy atom. The first kappa shape index (κ1) is 9.09. The lowest BCUT2D eigenvalue weighted by atomic mass is 10.4. The van der Waals surface area contributed by atoms with Gasteiger partial charge in [-0.15, -0.1) is 0 Å². The second-order valence-electron chi connectivity index (χ2n) is 2.73. The number of furan rings is 1. The molecule has 0 aliphatic carbocycles. The van der Waals surface area contributed by atoms with Crippen LogP contribution in [-0.2, 0) is 0 Å². The third kappa shape index (κ3) is 2.06. The SMILES string of the molecule is O=Cc1coc(Sc2ccccc2)c1. The molecule has 1 aromatic carbocycles. The van der Waals surface area contributed by atoms with Crippen molar-refractivity contribution in [3.8, 4) is 0 Å². The van der Waals surface area contributed by atoms with Crippen molar-refractivity contribution in [3.63, 3.8) is 0 Å². The first-order chi connectivity index (χ1) is 6.88. The molecule has 2 nitrogen and oxygen atoms in total. The van der Waals surface area contributed by atoms with Crippen LogP contribution in [0.25, 0.3) is 0 Å². The maximum Gasteiger partial charge on any atom is 0.165 e. The fourth-order valence-corrected chi connectivity index (χ4v) is 1.87. The van der Waals surface area contributed by atoms with E-state index < -0.39 is 0 Å². The highest BCUT2D eigenvalue weighted by molar-refractivity contribution is 7.99. The Kier molecular flexibility index (Phi) is 2.70. The molecule has 0 unspecified atom stereocenters. The van der Waals surface area contributed by atoms with Gasteiger partial charge in [-0.3, -0.25) is 4.79 Å². The van der Waals surface area contributed by atoms with E-state index in [2.05, 4.69) is 0 Å². The normalized spacial score (nSPS) is 10.0. The van der Waals surface area contributed by atoms with Crippen LogP contribution in [0.3, 0.4) is 0 Å². The Morgan fingerprint density at radius 3 is 2.64 bits per heavy atom. The smallest absolute Gasteiger partial charge is 0.165 e. The molecule has 1 aromatic heterocycles. The lowest BCUT2D eigenvalue weighted by molar-refractivity contribution is 0.112. The molecule has 0 aliphatic rings. The van der Waals surface area contributed by atoms with Crippen LogP contribution in [0.5, 0.6) is 0 Å². The summed E-state index contributed by atoms with van der Waals surface area (Å²) in [4.78, 5) is 11.5. The highest BCUT2D eigenvalue weighted by Crippen LogP contribution is 2.28. The third-order valence-corrected chi connectivity index (χ3v) is 2.62. The van der Waals surface area contributed by atoms with Gasteiger partial charge in [-0.1, -0.05) is 30.0 Å². The van der Waals surface area contributed by atoms with Crippen molar-refractivity contribution in [1.29, 1.82) is 0 Å². The van der Waals surface area contributed by atoms with E-state index in [0.29, 0.717) is 5.56 Å². The number of rotatable bonds is 3. The topological polar surface area (TPSA) is 30.2 Å². The Balaban J connectivity index is 2.15. The van der Waals surface area contributed by atoms with Crippen molar-refractivity contribution < 1.29 is 9.21 Å². The number of carbonyl (C=O) groups excluding carboxylic acids is 1. The van der Waals surface area contributed by atoms with Gasteiger partial charge < -0.3 is 4.42 Å². The highest BCUT2D eigenvalue weighted by atomic mass is 32.2. The first-order valence-corrected chi connectivity index (χ1v) is 4.97. The van der Waals surface area contributed by atoms with E-state index in [1.165, 1.54) is 18.0 Å². The van der Waals surface area contributed by atoms with Crippen LogP contribution < -0.4 is 0 Å². The monoisotopic (exact) mass is 204 g/mol. The molecule has 0 atom stereocenters. The van der Waals surface area contributed by atoms with Gasteiger partial charge in [0.25, 0.3) is 0 Å². The number of hydrogen-bond acceptors (Lipinski definition) is 3. The second-order valence-corrected chi connectivity index (χ2v) is 3.81. The molecule has 3 heteroatoms. The molecule has 1 heterocycles. The Bertz CT molecular complexity index is 420. The number of hydrogen-bond donors (Lipinski definition) is 0. The minimum Gasteiger partial charge on any atom is -0.457 e. The lowest BCUT2D eigenvalue weighted by Gasteiger charge is -1.94. The van der Waals surface area contributed by atoms with E-state index in [9.17, 15) is 4.79 Å². The summed E-state index contributed by atoms with van der Waals surface area (Å²) in [6.45, 7) is 0. The molecule has 0 saturated carbocycles. The third-order valence-electron chi connectivity index (χ3n) is 1.69. The Hall–Kier alpha value is -1.48. The van der Waals surface area contributed by atoms with Gasteiger partial charge in [0, 0.05) is 11.0 Å². The van der Waals surface area contributed by atoms with Gasteiger partial charge in [0.1, 0.15) is 6.26 Å². The molecule has 0 spiro atoms. The molecule has 14 heavy (non-hydrogen) atoms. The summed E-state index contributed by atoms with van der Waals surface area (Å²) in [5, 5.41) is 0.735. The van der Waals surface area contributed by atoms with Gasteiger partial charge >= 0.3 is 0 Å². The second kappa shape index (κ2) is 4.15. The molecule has 0 bridgehead atoms. The van der Waals surface area contributed by atoms with E-state index in [1.54, 1.807) is 6.07 Å². The maximum absolute atomic E-state index is 10.4. The highest BCUT2D eigenvalue weighted by Gasteiger charge is 2.02.